The molecule has 0 saturated carbocycles. The molecule has 0 bridgehead atoms. The number of rotatable bonds is 6. The van der Waals surface area contributed by atoms with Gasteiger partial charge in [-0.05, 0) is 18.4 Å². The summed E-state index contributed by atoms with van der Waals surface area (Å²) in [4.78, 5) is 22.3. The third-order valence-electron chi connectivity index (χ3n) is 2.38. The van der Waals surface area contributed by atoms with Crippen LogP contribution in [0.25, 0.3) is 0 Å². The molecule has 1 saturated heterocycles. The smallest absolute Gasteiger partial charge is 0.326 e. The van der Waals surface area contributed by atoms with Crippen LogP contribution in [0.15, 0.2) is 0 Å². The van der Waals surface area contributed by atoms with Crippen LogP contribution in [0.5, 0.6) is 0 Å². The average Bonchev–Trinajstić information content (AvgIpc) is 2.08. The highest BCUT2D eigenvalue weighted by Crippen LogP contribution is 2.06. The van der Waals surface area contributed by atoms with Gasteiger partial charge in [0, 0.05) is 13.1 Å². The fourth-order valence-corrected chi connectivity index (χ4v) is 1.73. The van der Waals surface area contributed by atoms with Gasteiger partial charge >= 0.3 is 5.97 Å². The molecule has 0 aromatic rings. The van der Waals surface area contributed by atoms with Crippen LogP contribution in [-0.2, 0) is 9.59 Å². The molecule has 0 unspecified atom stereocenters. The summed E-state index contributed by atoms with van der Waals surface area (Å²) in [7, 11) is 0. The summed E-state index contributed by atoms with van der Waals surface area (Å²) in [5.74, 6) is -0.423. The van der Waals surface area contributed by atoms with Crippen LogP contribution < -0.4 is 10.6 Å². The molecule has 1 amide bonds. The van der Waals surface area contributed by atoms with Crippen molar-refractivity contribution < 1.29 is 14.7 Å². The van der Waals surface area contributed by atoms with Crippen molar-refractivity contribution in [1.29, 1.82) is 0 Å². The molecule has 1 fully saturated rings. The molecule has 1 aliphatic heterocycles. The Hall–Kier alpha value is -0.750. The number of aliphatic carboxylic acids is 1. The van der Waals surface area contributed by atoms with Crippen LogP contribution >= 0.6 is 11.8 Å². The molecule has 6 heteroatoms. The van der Waals surface area contributed by atoms with Crippen LogP contribution in [0, 0.1) is 5.92 Å². The highest BCUT2D eigenvalue weighted by Gasteiger charge is 2.28. The number of carboxylic acid groups (broad SMARTS) is 1. The molecule has 1 aliphatic rings. The van der Waals surface area contributed by atoms with Gasteiger partial charge in [-0.2, -0.15) is 11.8 Å². The van der Waals surface area contributed by atoms with E-state index >= 15 is 0 Å². The largest absolute Gasteiger partial charge is 0.480 e. The summed E-state index contributed by atoms with van der Waals surface area (Å²) in [5.41, 5.74) is 0. The minimum atomic E-state index is -0.954. The Morgan fingerprint density at radius 1 is 1.60 bits per heavy atom. The molecular weight excluding hydrogens is 216 g/mol. The molecule has 0 spiro atoms. The summed E-state index contributed by atoms with van der Waals surface area (Å²) in [6.45, 7) is 1.31. The third-order valence-corrected chi connectivity index (χ3v) is 3.02. The van der Waals surface area contributed by atoms with Gasteiger partial charge in [-0.15, -0.1) is 0 Å². The number of thioether (sulfide) groups is 1. The van der Waals surface area contributed by atoms with Crippen molar-refractivity contribution in [2.24, 2.45) is 5.92 Å². The zero-order chi connectivity index (χ0) is 11.3. The zero-order valence-corrected chi connectivity index (χ0v) is 9.47. The van der Waals surface area contributed by atoms with E-state index in [1.54, 1.807) is 11.8 Å². The Labute approximate surface area is 93.0 Å². The van der Waals surface area contributed by atoms with Crippen molar-refractivity contribution in [1.82, 2.24) is 10.6 Å². The second-order valence-corrected chi connectivity index (χ2v) is 4.52. The lowest BCUT2D eigenvalue weighted by atomic mass is 10.0. The van der Waals surface area contributed by atoms with E-state index in [0.29, 0.717) is 19.5 Å². The number of hydrogen-bond acceptors (Lipinski definition) is 4. The first kappa shape index (κ1) is 12.3. The predicted octanol–water partition coefficient (Wildman–Crippen LogP) is -0.472. The molecule has 86 valence electrons. The SMILES string of the molecule is CSCC[C@@H](NC(=O)C1CNC1)C(=O)O. The van der Waals surface area contributed by atoms with Gasteiger partial charge in [-0.25, -0.2) is 4.79 Å². The van der Waals surface area contributed by atoms with Gasteiger partial charge in [0.25, 0.3) is 0 Å². The molecule has 1 heterocycles. The molecule has 15 heavy (non-hydrogen) atoms. The Morgan fingerprint density at radius 2 is 2.27 bits per heavy atom. The van der Waals surface area contributed by atoms with Crippen molar-refractivity contribution in [2.45, 2.75) is 12.5 Å². The maximum Gasteiger partial charge on any atom is 0.326 e. The predicted molar refractivity (Wildman–Crippen MR) is 58.9 cm³/mol. The molecule has 1 atom stereocenters. The number of amides is 1. The molecule has 5 nitrogen and oxygen atoms in total. The molecule has 3 N–H and O–H groups in total. The highest BCUT2D eigenvalue weighted by molar-refractivity contribution is 7.98. The first-order valence-electron chi connectivity index (χ1n) is 4.88. The fraction of sp³-hybridized carbons (Fsp3) is 0.778. The summed E-state index contributed by atoms with van der Waals surface area (Å²) >= 11 is 1.58. The van der Waals surface area contributed by atoms with E-state index in [9.17, 15) is 9.59 Å². The third kappa shape index (κ3) is 3.71. The molecule has 0 aromatic carbocycles. The van der Waals surface area contributed by atoms with Gasteiger partial charge in [0.15, 0.2) is 0 Å². The van der Waals surface area contributed by atoms with Crippen molar-refractivity contribution in [2.75, 3.05) is 25.1 Å². The van der Waals surface area contributed by atoms with E-state index in [-0.39, 0.29) is 11.8 Å². The van der Waals surface area contributed by atoms with E-state index in [0.717, 1.165) is 5.75 Å². The van der Waals surface area contributed by atoms with Gasteiger partial charge in [0.05, 0.1) is 5.92 Å². The number of nitrogens with one attached hydrogen (secondary N) is 2. The quantitative estimate of drug-likeness (QED) is 0.577. The molecular formula is C9H16N2O3S. The van der Waals surface area contributed by atoms with E-state index in [4.69, 9.17) is 5.11 Å². The van der Waals surface area contributed by atoms with E-state index in [1.807, 2.05) is 6.26 Å². The summed E-state index contributed by atoms with van der Waals surface area (Å²) in [5, 5.41) is 14.4. The van der Waals surface area contributed by atoms with Gasteiger partial charge in [0.2, 0.25) is 5.91 Å². The number of carboxylic acids is 1. The van der Waals surface area contributed by atoms with Crippen LogP contribution in [-0.4, -0.2) is 48.1 Å². The first-order valence-corrected chi connectivity index (χ1v) is 6.27. The summed E-state index contributed by atoms with van der Waals surface area (Å²) in [6.07, 6.45) is 2.39. The zero-order valence-electron chi connectivity index (χ0n) is 8.66. The second-order valence-electron chi connectivity index (χ2n) is 3.54. The Bertz CT molecular complexity index is 244. The average molecular weight is 232 g/mol. The normalized spacial score (nSPS) is 17.9. The van der Waals surface area contributed by atoms with E-state index < -0.39 is 12.0 Å². The number of hydrogen-bond donors (Lipinski definition) is 3. The monoisotopic (exact) mass is 232 g/mol. The lowest BCUT2D eigenvalue weighted by molar-refractivity contribution is -0.142. The Kier molecular flexibility index (Phi) is 4.90. The Balaban J connectivity index is 2.35. The van der Waals surface area contributed by atoms with Crippen molar-refractivity contribution >= 4 is 23.6 Å². The lowest BCUT2D eigenvalue weighted by Crippen LogP contribution is -2.54. The minimum Gasteiger partial charge on any atom is -0.480 e. The topological polar surface area (TPSA) is 78.4 Å². The first-order chi connectivity index (χ1) is 7.15. The van der Waals surface area contributed by atoms with Crippen molar-refractivity contribution in [3.8, 4) is 0 Å². The van der Waals surface area contributed by atoms with Crippen molar-refractivity contribution in [3.63, 3.8) is 0 Å². The van der Waals surface area contributed by atoms with Crippen molar-refractivity contribution in [3.05, 3.63) is 0 Å². The molecule has 0 radical (unpaired) electrons. The molecule has 1 rings (SSSR count). The second kappa shape index (κ2) is 5.97. The van der Waals surface area contributed by atoms with Gasteiger partial charge < -0.3 is 15.7 Å². The van der Waals surface area contributed by atoms with Crippen LogP contribution in [0.4, 0.5) is 0 Å². The van der Waals surface area contributed by atoms with Crippen LogP contribution in [0.2, 0.25) is 0 Å². The standard InChI is InChI=1S/C9H16N2O3S/c1-15-3-2-7(9(13)14)11-8(12)6-4-10-5-6/h6-7,10H,2-5H2,1H3,(H,11,12)(H,13,14)/t7-/m1/s1. The maximum atomic E-state index is 11.5. The van der Waals surface area contributed by atoms with Gasteiger partial charge in [0.1, 0.15) is 6.04 Å². The maximum absolute atomic E-state index is 11.5. The highest BCUT2D eigenvalue weighted by atomic mass is 32.2. The molecule has 0 aromatic heterocycles. The van der Waals surface area contributed by atoms with Crippen LogP contribution in [0.1, 0.15) is 6.42 Å². The minimum absolute atomic E-state index is 0.0545. The molecule has 0 aliphatic carbocycles. The van der Waals surface area contributed by atoms with E-state index in [2.05, 4.69) is 10.6 Å². The van der Waals surface area contributed by atoms with Crippen LogP contribution in [0.3, 0.4) is 0 Å². The number of carbonyl (C=O) groups excluding carboxylic acids is 1. The fourth-order valence-electron chi connectivity index (χ4n) is 1.26. The summed E-state index contributed by atoms with van der Waals surface area (Å²) < 4.78 is 0. The van der Waals surface area contributed by atoms with Gasteiger partial charge in [-0.1, -0.05) is 0 Å². The summed E-state index contributed by atoms with van der Waals surface area (Å²) in [6, 6.07) is -0.745. The lowest BCUT2D eigenvalue weighted by Gasteiger charge is -2.27. The van der Waals surface area contributed by atoms with E-state index in [1.165, 1.54) is 0 Å². The van der Waals surface area contributed by atoms with Gasteiger partial charge in [-0.3, -0.25) is 4.79 Å². The Morgan fingerprint density at radius 3 is 2.67 bits per heavy atom. The number of carbonyl (C=O) groups is 2.